The van der Waals surface area contributed by atoms with E-state index in [-0.39, 0.29) is 0 Å². The van der Waals surface area contributed by atoms with Gasteiger partial charge in [-0.25, -0.2) is 0 Å². The molecule has 0 spiro atoms. The van der Waals surface area contributed by atoms with Gasteiger partial charge < -0.3 is 4.74 Å². The van der Waals surface area contributed by atoms with E-state index in [9.17, 15) is 0 Å². The first kappa shape index (κ1) is 19.0. The number of hydrogen-bond acceptors (Lipinski definition) is 1. The Morgan fingerprint density at radius 3 is 1.71 bits per heavy atom. The largest absolute Gasteiger partial charge is 0.373 e. The van der Waals surface area contributed by atoms with Gasteiger partial charge >= 0.3 is 0 Å². The van der Waals surface area contributed by atoms with E-state index < -0.39 is 0 Å². The molecule has 17 heavy (non-hydrogen) atoms. The summed E-state index contributed by atoms with van der Waals surface area (Å²) < 4.78 is 4.96. The highest BCUT2D eigenvalue weighted by Crippen LogP contribution is 2.22. The maximum absolute atomic E-state index is 4.96. The third kappa shape index (κ3) is 13.6. The molecule has 0 saturated heterocycles. The summed E-state index contributed by atoms with van der Waals surface area (Å²) >= 11 is 0. The first-order chi connectivity index (χ1) is 8.29. The van der Waals surface area contributed by atoms with Gasteiger partial charge in [0.2, 0.25) is 0 Å². The lowest BCUT2D eigenvalue weighted by Gasteiger charge is -2.15. The lowest BCUT2D eigenvalue weighted by molar-refractivity contribution is 0.208. The van der Waals surface area contributed by atoms with Crippen molar-refractivity contribution in [1.29, 1.82) is 0 Å². The minimum Gasteiger partial charge on any atom is -0.373 e. The number of rotatable bonds is 0. The van der Waals surface area contributed by atoms with Crippen LogP contribution in [0.4, 0.5) is 0 Å². The van der Waals surface area contributed by atoms with Crippen LogP contribution in [0.1, 0.15) is 73.6 Å². The van der Waals surface area contributed by atoms with Crippen molar-refractivity contribution >= 4 is 0 Å². The molecule has 0 amide bonds. The van der Waals surface area contributed by atoms with Crippen LogP contribution in [0.25, 0.3) is 0 Å². The molecule has 0 unspecified atom stereocenters. The summed E-state index contributed by atoms with van der Waals surface area (Å²) in [5.74, 6) is 1.04. The zero-order valence-corrected chi connectivity index (χ0v) is 13.0. The third-order valence-electron chi connectivity index (χ3n) is 2.77. The molecule has 0 atom stereocenters. The van der Waals surface area contributed by atoms with Crippen molar-refractivity contribution < 1.29 is 4.74 Å². The Hall–Kier alpha value is -0.300. The van der Waals surface area contributed by atoms with Crippen LogP contribution in [0.3, 0.4) is 0 Å². The SMILES string of the molecule is CC.CC.CC1=CCOC1.CC1CCCCC1. The molecule has 0 N–H and O–H groups in total. The van der Waals surface area contributed by atoms with Gasteiger partial charge in [0.1, 0.15) is 0 Å². The molecule has 2 rings (SSSR count). The molecule has 1 aliphatic heterocycles. The Balaban J connectivity index is 0. The van der Waals surface area contributed by atoms with Crippen LogP contribution < -0.4 is 0 Å². The first-order valence-corrected chi connectivity index (χ1v) is 7.52. The summed E-state index contributed by atoms with van der Waals surface area (Å²) in [6.45, 7) is 14.1. The van der Waals surface area contributed by atoms with Crippen LogP contribution in [0.5, 0.6) is 0 Å². The Kier molecular flexibility index (Phi) is 17.6. The standard InChI is InChI=1S/C7H14.C5H8O.2C2H6/c1-7-5-3-2-4-6-7;1-5-2-3-6-4-5;2*1-2/h7H,2-6H2,1H3;2H,3-4H2,1H3;2*1-2H3. The lowest BCUT2D eigenvalue weighted by Crippen LogP contribution is -1.99. The van der Waals surface area contributed by atoms with E-state index in [0.717, 1.165) is 19.1 Å². The molecule has 1 aliphatic carbocycles. The fourth-order valence-electron chi connectivity index (χ4n) is 1.79. The summed E-state index contributed by atoms with van der Waals surface area (Å²) in [7, 11) is 0. The van der Waals surface area contributed by atoms with Gasteiger partial charge in [0.05, 0.1) is 13.2 Å². The summed E-state index contributed by atoms with van der Waals surface area (Å²) in [6.07, 6.45) is 9.53. The monoisotopic (exact) mass is 242 g/mol. The van der Waals surface area contributed by atoms with Gasteiger partial charge in [-0.1, -0.05) is 72.8 Å². The Morgan fingerprint density at radius 2 is 1.53 bits per heavy atom. The molecule has 1 nitrogen and oxygen atoms in total. The predicted octanol–water partition coefficient (Wildman–Crippen LogP) is 5.60. The number of ether oxygens (including phenoxy) is 1. The second-order valence-electron chi connectivity index (χ2n) is 4.31. The summed E-state index contributed by atoms with van der Waals surface area (Å²) in [6, 6.07) is 0. The summed E-state index contributed by atoms with van der Waals surface area (Å²) in [5, 5.41) is 0. The lowest BCUT2D eigenvalue weighted by atomic mass is 9.91. The molecule has 1 saturated carbocycles. The predicted molar refractivity (Wildman–Crippen MR) is 79.5 cm³/mol. The van der Waals surface area contributed by atoms with E-state index in [4.69, 9.17) is 4.74 Å². The van der Waals surface area contributed by atoms with Gasteiger partial charge in [-0.05, 0) is 18.4 Å². The minimum absolute atomic E-state index is 0.825. The van der Waals surface area contributed by atoms with Crippen molar-refractivity contribution in [3.8, 4) is 0 Å². The second-order valence-corrected chi connectivity index (χ2v) is 4.31. The van der Waals surface area contributed by atoms with Crippen molar-refractivity contribution in [2.24, 2.45) is 5.92 Å². The van der Waals surface area contributed by atoms with Gasteiger partial charge in [-0.2, -0.15) is 0 Å². The first-order valence-electron chi connectivity index (χ1n) is 7.52. The Labute approximate surface area is 110 Å². The average molecular weight is 242 g/mol. The van der Waals surface area contributed by atoms with Crippen molar-refractivity contribution in [2.45, 2.75) is 73.6 Å². The van der Waals surface area contributed by atoms with E-state index in [1.54, 1.807) is 0 Å². The second kappa shape index (κ2) is 15.7. The zero-order valence-electron chi connectivity index (χ0n) is 13.0. The molecule has 2 aliphatic rings. The van der Waals surface area contributed by atoms with E-state index >= 15 is 0 Å². The fourth-order valence-corrected chi connectivity index (χ4v) is 1.79. The van der Waals surface area contributed by atoms with Gasteiger partial charge in [0, 0.05) is 0 Å². The molecule has 104 valence electrons. The fraction of sp³-hybridized carbons (Fsp3) is 0.875. The van der Waals surface area contributed by atoms with E-state index in [0.29, 0.717) is 0 Å². The molecular weight excluding hydrogens is 208 g/mol. The molecule has 1 heterocycles. The van der Waals surface area contributed by atoms with Crippen LogP contribution >= 0.6 is 0 Å². The van der Waals surface area contributed by atoms with E-state index in [1.807, 2.05) is 27.7 Å². The molecule has 0 bridgehead atoms. The summed E-state index contributed by atoms with van der Waals surface area (Å²) in [4.78, 5) is 0. The smallest absolute Gasteiger partial charge is 0.0679 e. The highest BCUT2D eigenvalue weighted by atomic mass is 16.5. The highest BCUT2D eigenvalue weighted by Gasteiger charge is 2.05. The van der Waals surface area contributed by atoms with Crippen molar-refractivity contribution in [1.82, 2.24) is 0 Å². The van der Waals surface area contributed by atoms with Gasteiger partial charge in [0.25, 0.3) is 0 Å². The topological polar surface area (TPSA) is 9.23 Å². The normalized spacial score (nSPS) is 18.6. The maximum Gasteiger partial charge on any atom is 0.0679 e. The molecule has 0 radical (unpaired) electrons. The van der Waals surface area contributed by atoms with Crippen LogP contribution in [-0.2, 0) is 4.74 Å². The van der Waals surface area contributed by atoms with Gasteiger partial charge in [-0.15, -0.1) is 0 Å². The van der Waals surface area contributed by atoms with Crippen LogP contribution in [0.2, 0.25) is 0 Å². The third-order valence-corrected chi connectivity index (χ3v) is 2.77. The molecule has 1 fully saturated rings. The Morgan fingerprint density at radius 1 is 1.00 bits per heavy atom. The van der Waals surface area contributed by atoms with Gasteiger partial charge in [0.15, 0.2) is 0 Å². The van der Waals surface area contributed by atoms with Crippen molar-refractivity contribution in [3.63, 3.8) is 0 Å². The molecule has 1 heteroatoms. The molecular formula is C16H34O. The summed E-state index contributed by atoms with van der Waals surface area (Å²) in [5.41, 5.74) is 1.36. The van der Waals surface area contributed by atoms with E-state index in [1.165, 1.54) is 37.7 Å². The van der Waals surface area contributed by atoms with Crippen molar-refractivity contribution in [3.05, 3.63) is 11.6 Å². The average Bonchev–Trinajstić information content (AvgIpc) is 2.87. The molecule has 0 aromatic heterocycles. The van der Waals surface area contributed by atoms with Gasteiger partial charge in [-0.3, -0.25) is 0 Å². The molecule has 0 aromatic rings. The Bertz CT molecular complexity index is 155. The van der Waals surface area contributed by atoms with Crippen molar-refractivity contribution in [2.75, 3.05) is 13.2 Å². The van der Waals surface area contributed by atoms with Crippen LogP contribution in [0.15, 0.2) is 11.6 Å². The minimum atomic E-state index is 0.825. The molecule has 0 aromatic carbocycles. The zero-order chi connectivity index (χ0) is 13.5. The van der Waals surface area contributed by atoms with Crippen LogP contribution in [0, 0.1) is 5.92 Å². The quantitative estimate of drug-likeness (QED) is 0.502. The maximum atomic E-state index is 4.96. The highest BCUT2D eigenvalue weighted by molar-refractivity contribution is 5.02. The van der Waals surface area contributed by atoms with Crippen LogP contribution in [-0.4, -0.2) is 13.2 Å². The number of hydrogen-bond donors (Lipinski definition) is 0. The van der Waals surface area contributed by atoms with E-state index in [2.05, 4.69) is 19.9 Å².